The van der Waals surface area contributed by atoms with Gasteiger partial charge in [-0.05, 0) is 68.1 Å². The molecule has 3 N–H and O–H groups in total. The number of hydrogen-bond donors (Lipinski definition) is 2. The number of nitrogens with zero attached hydrogens (tertiary/aromatic N) is 2. The van der Waals surface area contributed by atoms with Gasteiger partial charge >= 0.3 is 0 Å². The second-order valence-corrected chi connectivity index (χ2v) is 8.84. The monoisotopic (exact) mass is 370 g/mol. The van der Waals surface area contributed by atoms with Gasteiger partial charge in [-0.15, -0.1) is 0 Å². The van der Waals surface area contributed by atoms with Crippen LogP contribution in [0.1, 0.15) is 63.4 Å². The summed E-state index contributed by atoms with van der Waals surface area (Å²) in [5, 5.41) is 3.19. The molecule has 3 fully saturated rings. The van der Waals surface area contributed by atoms with Crippen molar-refractivity contribution in [3.8, 4) is 0 Å². The van der Waals surface area contributed by atoms with Crippen LogP contribution in [0.5, 0.6) is 0 Å². The Labute approximate surface area is 163 Å². The number of carbonyl (C=O) groups is 1. The largest absolute Gasteiger partial charge is 0.357 e. The van der Waals surface area contributed by atoms with Gasteiger partial charge in [-0.3, -0.25) is 4.79 Å². The SMILES string of the molecule is NC1C2CCCC1CC(C(=O)NCc1ccnc(N3CCCCCC3)c1)C2. The third-order valence-corrected chi connectivity index (χ3v) is 6.99. The fraction of sp³-hybridized carbons (Fsp3) is 0.727. The molecule has 4 rings (SSSR count). The zero-order valence-electron chi connectivity index (χ0n) is 16.4. The first kappa shape index (κ1) is 18.7. The maximum absolute atomic E-state index is 12.8. The van der Waals surface area contributed by atoms with E-state index in [0.29, 0.717) is 24.4 Å². The Morgan fingerprint density at radius 3 is 2.52 bits per heavy atom. The van der Waals surface area contributed by atoms with Gasteiger partial charge in [-0.2, -0.15) is 0 Å². The number of rotatable bonds is 4. The summed E-state index contributed by atoms with van der Waals surface area (Å²) in [6.07, 6.45) is 12.6. The fourth-order valence-corrected chi connectivity index (χ4v) is 5.38. The van der Waals surface area contributed by atoms with Crippen molar-refractivity contribution in [1.29, 1.82) is 0 Å². The van der Waals surface area contributed by atoms with E-state index in [1.54, 1.807) is 0 Å². The molecule has 2 aliphatic carbocycles. The van der Waals surface area contributed by atoms with E-state index in [9.17, 15) is 4.79 Å². The molecule has 2 heterocycles. The third kappa shape index (κ3) is 4.45. The smallest absolute Gasteiger partial charge is 0.223 e. The van der Waals surface area contributed by atoms with E-state index in [4.69, 9.17) is 5.73 Å². The number of hydrogen-bond acceptors (Lipinski definition) is 4. The number of carbonyl (C=O) groups excluding carboxylic acids is 1. The minimum atomic E-state index is 0.145. The quantitative estimate of drug-likeness (QED) is 0.854. The van der Waals surface area contributed by atoms with E-state index in [0.717, 1.165) is 37.3 Å². The molecule has 0 spiro atoms. The highest BCUT2D eigenvalue weighted by Crippen LogP contribution is 2.41. The molecule has 2 atom stereocenters. The lowest BCUT2D eigenvalue weighted by molar-refractivity contribution is -0.128. The molecule has 1 aromatic rings. The Hall–Kier alpha value is -1.62. The lowest BCUT2D eigenvalue weighted by atomic mass is 9.65. The highest BCUT2D eigenvalue weighted by Gasteiger charge is 2.40. The van der Waals surface area contributed by atoms with Crippen LogP contribution in [0.15, 0.2) is 18.3 Å². The summed E-state index contributed by atoms with van der Waals surface area (Å²) in [6.45, 7) is 2.78. The van der Waals surface area contributed by atoms with Crippen molar-refractivity contribution >= 4 is 11.7 Å². The van der Waals surface area contributed by atoms with Crippen molar-refractivity contribution in [3.05, 3.63) is 23.9 Å². The first-order valence-corrected chi connectivity index (χ1v) is 10.9. The summed E-state index contributed by atoms with van der Waals surface area (Å²) in [6, 6.07) is 4.49. The number of fused-ring (bicyclic) bond motifs is 2. The summed E-state index contributed by atoms with van der Waals surface area (Å²) in [7, 11) is 0. The van der Waals surface area contributed by atoms with Gasteiger partial charge in [0.15, 0.2) is 0 Å². The van der Waals surface area contributed by atoms with Crippen LogP contribution < -0.4 is 16.0 Å². The molecule has 2 saturated carbocycles. The standard InChI is InChI=1S/C22H34N4O/c23-21-17-6-5-7-18(21)14-19(13-17)22(27)25-15-16-8-9-24-20(12-16)26-10-3-1-2-4-11-26/h8-9,12,17-19,21H,1-7,10-11,13-15,23H2,(H,25,27). The van der Waals surface area contributed by atoms with Gasteiger partial charge in [0.2, 0.25) is 5.91 Å². The third-order valence-electron chi connectivity index (χ3n) is 6.99. The second-order valence-electron chi connectivity index (χ2n) is 8.84. The molecule has 0 aromatic carbocycles. The Kier molecular flexibility index (Phi) is 5.96. The van der Waals surface area contributed by atoms with Crippen LogP contribution in [-0.2, 0) is 11.3 Å². The Balaban J connectivity index is 1.33. The molecule has 27 heavy (non-hydrogen) atoms. The first-order chi connectivity index (χ1) is 13.2. The van der Waals surface area contributed by atoms with Crippen LogP contribution in [0.2, 0.25) is 0 Å². The van der Waals surface area contributed by atoms with Crippen LogP contribution in [-0.4, -0.2) is 30.0 Å². The van der Waals surface area contributed by atoms with Crippen molar-refractivity contribution in [2.45, 2.75) is 70.4 Å². The van der Waals surface area contributed by atoms with Crippen molar-refractivity contribution in [3.63, 3.8) is 0 Å². The number of nitrogens with two attached hydrogens (primary N) is 1. The predicted octanol–water partition coefficient (Wildman–Crippen LogP) is 3.23. The van der Waals surface area contributed by atoms with Crippen LogP contribution in [0, 0.1) is 17.8 Å². The maximum atomic E-state index is 12.8. The molecule has 2 bridgehead atoms. The van der Waals surface area contributed by atoms with E-state index < -0.39 is 0 Å². The molecule has 1 aromatic heterocycles. The van der Waals surface area contributed by atoms with Gasteiger partial charge in [0.1, 0.15) is 5.82 Å². The number of amides is 1. The normalized spacial score (nSPS) is 31.2. The van der Waals surface area contributed by atoms with E-state index in [1.165, 1.54) is 44.9 Å². The van der Waals surface area contributed by atoms with Crippen LogP contribution in [0.4, 0.5) is 5.82 Å². The average Bonchev–Trinajstić information content (AvgIpc) is 2.96. The molecular formula is C22H34N4O. The van der Waals surface area contributed by atoms with Gasteiger partial charge in [0.25, 0.3) is 0 Å². The molecule has 2 unspecified atom stereocenters. The molecule has 5 nitrogen and oxygen atoms in total. The molecular weight excluding hydrogens is 336 g/mol. The Morgan fingerprint density at radius 1 is 1.11 bits per heavy atom. The van der Waals surface area contributed by atoms with Gasteiger partial charge in [-0.25, -0.2) is 4.98 Å². The summed E-state index contributed by atoms with van der Waals surface area (Å²) >= 11 is 0. The van der Waals surface area contributed by atoms with Gasteiger partial charge in [0, 0.05) is 37.8 Å². The number of aromatic nitrogens is 1. The zero-order valence-corrected chi connectivity index (χ0v) is 16.4. The summed E-state index contributed by atoms with van der Waals surface area (Å²) in [4.78, 5) is 19.7. The van der Waals surface area contributed by atoms with Gasteiger partial charge < -0.3 is 16.0 Å². The summed E-state index contributed by atoms with van der Waals surface area (Å²) in [5.41, 5.74) is 7.51. The van der Waals surface area contributed by atoms with Crippen molar-refractivity contribution in [1.82, 2.24) is 10.3 Å². The summed E-state index contributed by atoms with van der Waals surface area (Å²) in [5.74, 6) is 2.51. The second kappa shape index (κ2) is 8.59. The van der Waals surface area contributed by atoms with Crippen LogP contribution >= 0.6 is 0 Å². The van der Waals surface area contributed by atoms with Crippen LogP contribution in [0.25, 0.3) is 0 Å². The molecule has 5 heteroatoms. The van der Waals surface area contributed by atoms with Gasteiger partial charge in [-0.1, -0.05) is 19.3 Å². The Bertz CT molecular complexity index is 627. The number of nitrogens with one attached hydrogen (secondary N) is 1. The fourth-order valence-electron chi connectivity index (χ4n) is 5.38. The predicted molar refractivity (Wildman–Crippen MR) is 108 cm³/mol. The van der Waals surface area contributed by atoms with E-state index in [-0.39, 0.29) is 11.8 Å². The molecule has 3 aliphatic rings. The van der Waals surface area contributed by atoms with Crippen molar-refractivity contribution in [2.24, 2.45) is 23.5 Å². The van der Waals surface area contributed by atoms with Crippen molar-refractivity contribution in [2.75, 3.05) is 18.0 Å². The highest BCUT2D eigenvalue weighted by atomic mass is 16.1. The molecule has 1 saturated heterocycles. The molecule has 148 valence electrons. The van der Waals surface area contributed by atoms with Crippen LogP contribution in [0.3, 0.4) is 0 Å². The lowest BCUT2D eigenvalue weighted by Gasteiger charge is -2.43. The number of pyridine rings is 1. The average molecular weight is 371 g/mol. The van der Waals surface area contributed by atoms with E-state index in [1.807, 2.05) is 12.3 Å². The molecule has 1 amide bonds. The van der Waals surface area contributed by atoms with E-state index >= 15 is 0 Å². The van der Waals surface area contributed by atoms with E-state index in [2.05, 4.69) is 21.3 Å². The first-order valence-electron chi connectivity index (χ1n) is 10.9. The molecule has 1 aliphatic heterocycles. The Morgan fingerprint density at radius 2 is 1.81 bits per heavy atom. The topological polar surface area (TPSA) is 71.2 Å². The lowest BCUT2D eigenvalue weighted by Crippen LogP contribution is -2.49. The minimum absolute atomic E-state index is 0.145. The zero-order chi connectivity index (χ0) is 18.6. The maximum Gasteiger partial charge on any atom is 0.223 e. The van der Waals surface area contributed by atoms with Crippen molar-refractivity contribution < 1.29 is 4.79 Å². The number of anilines is 1. The molecule has 0 radical (unpaired) electrons. The minimum Gasteiger partial charge on any atom is -0.357 e. The summed E-state index contributed by atoms with van der Waals surface area (Å²) < 4.78 is 0. The highest BCUT2D eigenvalue weighted by molar-refractivity contribution is 5.78. The van der Waals surface area contributed by atoms with Gasteiger partial charge in [0.05, 0.1) is 0 Å².